The van der Waals surface area contributed by atoms with Crippen LogP contribution in [0.3, 0.4) is 0 Å². The highest BCUT2D eigenvalue weighted by Gasteiger charge is 2.15. The van der Waals surface area contributed by atoms with Gasteiger partial charge in [-0.3, -0.25) is 0 Å². The van der Waals surface area contributed by atoms with Crippen LogP contribution in [0.25, 0.3) is 0 Å². The summed E-state index contributed by atoms with van der Waals surface area (Å²) in [6.45, 7) is 3.59. The Kier molecular flexibility index (Phi) is 5.92. The fourth-order valence-electron chi connectivity index (χ4n) is 3.57. The molecule has 128 valence electrons. The highest BCUT2D eigenvalue weighted by atomic mass is 16.5. The molecular formula is C22H29NO. The van der Waals surface area contributed by atoms with Gasteiger partial charge in [-0.25, -0.2) is 0 Å². The van der Waals surface area contributed by atoms with E-state index in [9.17, 15) is 0 Å². The van der Waals surface area contributed by atoms with Crippen LogP contribution in [0, 0.1) is 0 Å². The molecule has 1 unspecified atom stereocenters. The van der Waals surface area contributed by atoms with Crippen LogP contribution < -0.4 is 10.5 Å². The Labute approximate surface area is 146 Å². The smallest absolute Gasteiger partial charge is 0.119 e. The van der Waals surface area contributed by atoms with Gasteiger partial charge in [0.1, 0.15) is 5.75 Å². The fourth-order valence-corrected chi connectivity index (χ4v) is 3.57. The van der Waals surface area contributed by atoms with Crippen LogP contribution >= 0.6 is 0 Å². The molecule has 3 rings (SSSR count). The largest absolute Gasteiger partial charge is 0.494 e. The van der Waals surface area contributed by atoms with Gasteiger partial charge in [-0.1, -0.05) is 37.3 Å². The van der Waals surface area contributed by atoms with Gasteiger partial charge < -0.3 is 10.5 Å². The first kappa shape index (κ1) is 17.0. The number of hydrogen-bond donors (Lipinski definition) is 1. The maximum absolute atomic E-state index is 6.10. The van der Waals surface area contributed by atoms with Crippen molar-refractivity contribution < 1.29 is 4.74 Å². The van der Waals surface area contributed by atoms with E-state index in [4.69, 9.17) is 10.5 Å². The first-order chi connectivity index (χ1) is 11.8. The summed E-state index contributed by atoms with van der Waals surface area (Å²) in [6.07, 6.45) is 7.15. The summed E-state index contributed by atoms with van der Waals surface area (Å²) in [5.41, 5.74) is 11.9. The summed E-state index contributed by atoms with van der Waals surface area (Å²) < 4.78 is 5.66. The van der Waals surface area contributed by atoms with Crippen molar-refractivity contribution in [2.75, 3.05) is 13.2 Å². The molecule has 2 heteroatoms. The second kappa shape index (κ2) is 8.34. The lowest BCUT2D eigenvalue weighted by Crippen LogP contribution is -2.16. The topological polar surface area (TPSA) is 35.2 Å². The van der Waals surface area contributed by atoms with Gasteiger partial charge in [0.25, 0.3) is 0 Å². The van der Waals surface area contributed by atoms with E-state index in [1.54, 1.807) is 5.56 Å². The van der Waals surface area contributed by atoms with E-state index in [0.29, 0.717) is 12.5 Å². The van der Waals surface area contributed by atoms with E-state index in [2.05, 4.69) is 49.4 Å². The summed E-state index contributed by atoms with van der Waals surface area (Å²) in [7, 11) is 0. The van der Waals surface area contributed by atoms with Crippen LogP contribution in [0.1, 0.15) is 54.4 Å². The van der Waals surface area contributed by atoms with Gasteiger partial charge in [-0.15, -0.1) is 0 Å². The van der Waals surface area contributed by atoms with Gasteiger partial charge in [-0.05, 0) is 79.5 Å². The normalized spacial score (nSPS) is 14.9. The molecule has 0 saturated carbocycles. The second-order valence-electron chi connectivity index (χ2n) is 6.86. The number of rotatable bonds is 7. The zero-order valence-corrected chi connectivity index (χ0v) is 14.8. The molecule has 2 aromatic carbocycles. The molecule has 0 amide bonds. The van der Waals surface area contributed by atoms with Gasteiger partial charge in [0.15, 0.2) is 0 Å². The Balaban J connectivity index is 1.70. The predicted molar refractivity (Wildman–Crippen MR) is 101 cm³/mol. The van der Waals surface area contributed by atoms with Crippen molar-refractivity contribution in [3.63, 3.8) is 0 Å². The minimum Gasteiger partial charge on any atom is -0.494 e. The third-order valence-electron chi connectivity index (χ3n) is 5.01. The first-order valence-corrected chi connectivity index (χ1v) is 9.33. The lowest BCUT2D eigenvalue weighted by molar-refractivity contribution is 0.317. The van der Waals surface area contributed by atoms with Gasteiger partial charge in [-0.2, -0.15) is 0 Å². The molecule has 1 aliphatic rings. The third-order valence-corrected chi connectivity index (χ3v) is 5.01. The van der Waals surface area contributed by atoms with Crippen LogP contribution in [-0.2, 0) is 19.3 Å². The van der Waals surface area contributed by atoms with Crippen molar-refractivity contribution in [3.05, 3.63) is 64.7 Å². The number of benzene rings is 2. The molecule has 0 bridgehead atoms. The van der Waals surface area contributed by atoms with Crippen LogP contribution in [0.4, 0.5) is 0 Å². The summed E-state index contributed by atoms with van der Waals surface area (Å²) in [6, 6.07) is 15.5. The molecule has 24 heavy (non-hydrogen) atoms. The minimum atomic E-state index is 0.389. The third kappa shape index (κ3) is 4.18. The van der Waals surface area contributed by atoms with E-state index in [1.807, 2.05) is 0 Å². The van der Waals surface area contributed by atoms with Crippen LogP contribution in [-0.4, -0.2) is 13.2 Å². The van der Waals surface area contributed by atoms with Gasteiger partial charge in [0.2, 0.25) is 0 Å². The van der Waals surface area contributed by atoms with E-state index >= 15 is 0 Å². The Morgan fingerprint density at radius 2 is 1.75 bits per heavy atom. The standard InChI is InChI=1S/C22H29NO/c1-2-13-24-22-11-7-17(8-12-22)14-21(16-23)20-10-9-18-5-3-4-6-19(18)15-20/h7-12,15,21H,2-6,13-14,16,23H2,1H3. The van der Waals surface area contributed by atoms with Crippen molar-refractivity contribution >= 4 is 0 Å². The molecule has 1 atom stereocenters. The highest BCUT2D eigenvalue weighted by Crippen LogP contribution is 2.27. The average molecular weight is 323 g/mol. The Morgan fingerprint density at radius 3 is 2.46 bits per heavy atom. The molecule has 0 saturated heterocycles. The monoisotopic (exact) mass is 323 g/mol. The lowest BCUT2D eigenvalue weighted by Gasteiger charge is -2.21. The summed E-state index contributed by atoms with van der Waals surface area (Å²) in [5.74, 6) is 1.35. The van der Waals surface area contributed by atoms with Gasteiger partial charge >= 0.3 is 0 Å². The van der Waals surface area contributed by atoms with Crippen molar-refractivity contribution in [1.29, 1.82) is 0 Å². The van der Waals surface area contributed by atoms with Crippen molar-refractivity contribution in [3.8, 4) is 5.75 Å². The number of aryl methyl sites for hydroxylation is 2. The number of ether oxygens (including phenoxy) is 1. The fraction of sp³-hybridized carbons (Fsp3) is 0.455. The van der Waals surface area contributed by atoms with E-state index in [-0.39, 0.29) is 0 Å². The summed E-state index contributed by atoms with van der Waals surface area (Å²) >= 11 is 0. The Morgan fingerprint density at radius 1 is 1.00 bits per heavy atom. The zero-order chi connectivity index (χ0) is 16.8. The Bertz CT molecular complexity index is 648. The molecule has 0 fully saturated rings. The maximum atomic E-state index is 6.10. The molecule has 1 aliphatic carbocycles. The Hall–Kier alpha value is -1.80. The van der Waals surface area contributed by atoms with Crippen LogP contribution in [0.2, 0.25) is 0 Å². The van der Waals surface area contributed by atoms with Crippen molar-refractivity contribution in [1.82, 2.24) is 0 Å². The highest BCUT2D eigenvalue weighted by molar-refractivity contribution is 5.37. The lowest BCUT2D eigenvalue weighted by atomic mass is 9.85. The molecule has 0 aromatic heterocycles. The molecule has 2 aromatic rings. The van der Waals surface area contributed by atoms with Crippen molar-refractivity contribution in [2.24, 2.45) is 5.73 Å². The first-order valence-electron chi connectivity index (χ1n) is 9.33. The van der Waals surface area contributed by atoms with E-state index in [0.717, 1.165) is 25.2 Å². The number of hydrogen-bond acceptors (Lipinski definition) is 2. The molecule has 0 radical (unpaired) electrons. The molecule has 0 aliphatic heterocycles. The molecule has 0 heterocycles. The molecule has 0 spiro atoms. The number of fused-ring (bicyclic) bond motifs is 1. The van der Waals surface area contributed by atoms with E-state index in [1.165, 1.54) is 42.4 Å². The second-order valence-corrected chi connectivity index (χ2v) is 6.86. The molecule has 2 N–H and O–H groups in total. The molecular weight excluding hydrogens is 294 g/mol. The number of nitrogens with two attached hydrogens (primary N) is 1. The van der Waals surface area contributed by atoms with Crippen LogP contribution in [0.5, 0.6) is 5.75 Å². The van der Waals surface area contributed by atoms with Crippen molar-refractivity contribution in [2.45, 2.75) is 51.4 Å². The van der Waals surface area contributed by atoms with Gasteiger partial charge in [0.05, 0.1) is 6.61 Å². The summed E-state index contributed by atoms with van der Waals surface area (Å²) in [5, 5.41) is 0. The van der Waals surface area contributed by atoms with E-state index < -0.39 is 0 Å². The zero-order valence-electron chi connectivity index (χ0n) is 14.8. The summed E-state index contributed by atoms with van der Waals surface area (Å²) in [4.78, 5) is 0. The SMILES string of the molecule is CCCOc1ccc(CC(CN)c2ccc3c(c2)CCCC3)cc1. The predicted octanol–water partition coefficient (Wildman–Crippen LogP) is 4.64. The van der Waals surface area contributed by atoms with Crippen LogP contribution in [0.15, 0.2) is 42.5 Å². The van der Waals surface area contributed by atoms with Gasteiger partial charge in [0, 0.05) is 5.92 Å². The minimum absolute atomic E-state index is 0.389. The average Bonchev–Trinajstić information content (AvgIpc) is 2.65. The maximum Gasteiger partial charge on any atom is 0.119 e. The quantitative estimate of drug-likeness (QED) is 0.805. The molecule has 2 nitrogen and oxygen atoms in total.